The fourth-order valence-corrected chi connectivity index (χ4v) is 1.44. The van der Waals surface area contributed by atoms with Crippen LogP contribution in [-0.4, -0.2) is 60.9 Å². The number of aromatic carboxylic acids is 1. The number of hydrogen-bond donors (Lipinski definition) is 1. The van der Waals surface area contributed by atoms with Gasteiger partial charge in [-0.05, 0) is 24.3 Å². The van der Waals surface area contributed by atoms with E-state index in [1.807, 2.05) is 0 Å². The maximum atomic E-state index is 10.9. The van der Waals surface area contributed by atoms with Gasteiger partial charge in [-0.2, -0.15) is 0 Å². The Balaban J connectivity index is 0. The van der Waals surface area contributed by atoms with Gasteiger partial charge in [0.15, 0.2) is 0 Å². The van der Waals surface area contributed by atoms with E-state index in [0.717, 1.165) is 0 Å². The van der Waals surface area contributed by atoms with Crippen LogP contribution in [0.3, 0.4) is 0 Å². The Kier molecular flexibility index (Phi) is 4.53. The second-order valence-corrected chi connectivity index (χ2v) is 3.05. The summed E-state index contributed by atoms with van der Waals surface area (Å²) in [6.07, 6.45) is 1.48. The van der Waals surface area contributed by atoms with E-state index in [1.54, 1.807) is 18.2 Å². The molecule has 0 aliphatic carbocycles. The number of aromatic nitrogens is 1. The zero-order chi connectivity index (χ0) is 10.8. The summed E-state index contributed by atoms with van der Waals surface area (Å²) < 4.78 is 5.04. The monoisotopic (exact) mass is 245 g/mol. The van der Waals surface area contributed by atoms with Crippen LogP contribution in [0.5, 0.6) is 5.75 Å². The summed E-state index contributed by atoms with van der Waals surface area (Å²) in [6, 6.07) is 6.64. The Morgan fingerprint density at radius 3 is 2.81 bits per heavy atom. The summed E-state index contributed by atoms with van der Waals surface area (Å²) in [6.45, 7) is 0. The van der Waals surface area contributed by atoms with E-state index in [9.17, 15) is 4.79 Å². The largest absolute Gasteiger partial charge is 2.00 e. The van der Waals surface area contributed by atoms with Crippen molar-refractivity contribution < 1.29 is 17.5 Å². The molecule has 1 heterocycles. The Hall–Kier alpha value is -0.840. The van der Waals surface area contributed by atoms with Crippen molar-refractivity contribution in [3.63, 3.8) is 0 Å². The molecular formula is C11H11CaNO3. The van der Waals surface area contributed by atoms with Crippen LogP contribution in [0.25, 0.3) is 10.9 Å². The van der Waals surface area contributed by atoms with Crippen molar-refractivity contribution in [2.24, 2.45) is 0 Å². The number of rotatable bonds is 2. The zero-order valence-corrected chi connectivity index (χ0v) is 11.0. The van der Waals surface area contributed by atoms with Crippen LogP contribution < -0.4 is 4.74 Å². The Morgan fingerprint density at radius 2 is 2.19 bits per heavy atom. The predicted molar refractivity (Wildman–Crippen MR) is 63.2 cm³/mol. The molecule has 5 heteroatoms. The Labute approximate surface area is 125 Å². The second-order valence-electron chi connectivity index (χ2n) is 3.05. The first kappa shape index (κ1) is 13.2. The molecule has 0 aliphatic heterocycles. The third-order valence-corrected chi connectivity index (χ3v) is 2.18. The molecule has 0 fully saturated rings. The van der Waals surface area contributed by atoms with Gasteiger partial charge in [-0.3, -0.25) is 4.98 Å². The van der Waals surface area contributed by atoms with E-state index < -0.39 is 5.97 Å². The van der Waals surface area contributed by atoms with Gasteiger partial charge in [0, 0.05) is 11.6 Å². The van der Waals surface area contributed by atoms with Crippen LogP contribution in [0.4, 0.5) is 0 Å². The topological polar surface area (TPSA) is 59.4 Å². The Bertz CT molecular complexity index is 537. The number of hydrogen-bond acceptors (Lipinski definition) is 3. The van der Waals surface area contributed by atoms with Gasteiger partial charge in [0.1, 0.15) is 5.75 Å². The average Bonchev–Trinajstić information content (AvgIpc) is 2.27. The smallest absolute Gasteiger partial charge is 1.00 e. The van der Waals surface area contributed by atoms with E-state index in [0.29, 0.717) is 16.7 Å². The quantitative estimate of drug-likeness (QED) is 0.819. The number of carboxylic acid groups (broad SMARTS) is 1. The molecule has 4 nitrogen and oxygen atoms in total. The van der Waals surface area contributed by atoms with Crippen molar-refractivity contribution in [3.8, 4) is 5.75 Å². The third-order valence-electron chi connectivity index (χ3n) is 2.18. The summed E-state index contributed by atoms with van der Waals surface area (Å²) in [5.74, 6) is -0.339. The molecule has 0 unspecified atom stereocenters. The Morgan fingerprint density at radius 1 is 1.44 bits per heavy atom. The molecule has 1 aromatic carbocycles. The van der Waals surface area contributed by atoms with Gasteiger partial charge >= 0.3 is 43.7 Å². The standard InChI is InChI=1S/C11H9NO3.Ca.2H/c1-15-7-2-3-10-9(6-7)8(11(13)14)4-5-12-10;;;/h2-6H,1H3,(H,13,14);;;/q;+2;2*-1. The summed E-state index contributed by atoms with van der Waals surface area (Å²) in [5, 5.41) is 9.57. The minimum atomic E-state index is -0.962. The van der Waals surface area contributed by atoms with Crippen LogP contribution >= 0.6 is 0 Å². The minimum absolute atomic E-state index is 0. The minimum Gasteiger partial charge on any atom is -1.00 e. The molecule has 2 rings (SSSR count). The van der Waals surface area contributed by atoms with Crippen LogP contribution in [0.15, 0.2) is 30.5 Å². The number of ether oxygens (including phenoxy) is 1. The molecule has 0 amide bonds. The van der Waals surface area contributed by atoms with Gasteiger partial charge in [0.2, 0.25) is 0 Å². The second kappa shape index (κ2) is 5.48. The molecule has 80 valence electrons. The molecule has 0 atom stereocenters. The van der Waals surface area contributed by atoms with E-state index in [4.69, 9.17) is 9.84 Å². The number of carboxylic acids is 1. The van der Waals surface area contributed by atoms with Gasteiger partial charge < -0.3 is 12.7 Å². The summed E-state index contributed by atoms with van der Waals surface area (Å²) in [4.78, 5) is 15.0. The zero-order valence-electron chi connectivity index (χ0n) is 10.8. The summed E-state index contributed by atoms with van der Waals surface area (Å²) in [7, 11) is 1.54. The first-order valence-corrected chi connectivity index (χ1v) is 4.38. The van der Waals surface area contributed by atoms with Crippen molar-refractivity contribution in [3.05, 3.63) is 36.0 Å². The van der Waals surface area contributed by atoms with Gasteiger partial charge in [-0.1, -0.05) is 0 Å². The fourth-order valence-electron chi connectivity index (χ4n) is 1.44. The molecule has 0 bridgehead atoms. The SMILES string of the molecule is COc1ccc2nccc(C(=O)O)c2c1.[Ca+2].[H-].[H-]. The maximum absolute atomic E-state index is 10.9. The van der Waals surface area contributed by atoms with Gasteiger partial charge in [0.05, 0.1) is 18.2 Å². The third kappa shape index (κ3) is 2.45. The molecule has 0 saturated heterocycles. The van der Waals surface area contributed by atoms with Crippen LogP contribution in [0, 0.1) is 0 Å². The number of nitrogens with zero attached hydrogens (tertiary/aromatic N) is 1. The predicted octanol–water partition coefficient (Wildman–Crippen LogP) is 1.79. The van der Waals surface area contributed by atoms with Crippen molar-refractivity contribution in [2.75, 3.05) is 7.11 Å². The molecule has 0 radical (unpaired) electrons. The van der Waals surface area contributed by atoms with Crippen molar-refractivity contribution >= 4 is 54.6 Å². The van der Waals surface area contributed by atoms with Crippen LogP contribution in [0.1, 0.15) is 13.2 Å². The molecular weight excluding hydrogens is 234 g/mol. The molecule has 0 spiro atoms. The van der Waals surface area contributed by atoms with E-state index in [2.05, 4.69) is 4.98 Å². The van der Waals surface area contributed by atoms with Crippen LogP contribution in [-0.2, 0) is 0 Å². The van der Waals surface area contributed by atoms with Crippen molar-refractivity contribution in [1.29, 1.82) is 0 Å². The first-order valence-electron chi connectivity index (χ1n) is 4.38. The van der Waals surface area contributed by atoms with E-state index >= 15 is 0 Å². The fraction of sp³-hybridized carbons (Fsp3) is 0.0909. The molecule has 16 heavy (non-hydrogen) atoms. The molecule has 0 saturated carbocycles. The normalized spacial score (nSPS) is 9.56. The van der Waals surface area contributed by atoms with Crippen LogP contribution in [0.2, 0.25) is 0 Å². The number of benzene rings is 1. The van der Waals surface area contributed by atoms with Crippen molar-refractivity contribution in [1.82, 2.24) is 4.98 Å². The summed E-state index contributed by atoms with van der Waals surface area (Å²) in [5.41, 5.74) is 0.884. The average molecular weight is 245 g/mol. The van der Waals surface area contributed by atoms with Gasteiger partial charge in [-0.25, -0.2) is 4.79 Å². The molecule has 1 N–H and O–H groups in total. The van der Waals surface area contributed by atoms with Crippen molar-refractivity contribution in [2.45, 2.75) is 0 Å². The molecule has 2 aromatic rings. The maximum Gasteiger partial charge on any atom is 2.00 e. The number of carbonyl (C=O) groups is 1. The number of fused-ring (bicyclic) bond motifs is 1. The summed E-state index contributed by atoms with van der Waals surface area (Å²) >= 11 is 0. The molecule has 0 aliphatic rings. The first-order chi connectivity index (χ1) is 7.22. The van der Waals surface area contributed by atoms with E-state index in [1.165, 1.54) is 19.4 Å². The number of methoxy groups -OCH3 is 1. The van der Waals surface area contributed by atoms with Gasteiger partial charge in [0.25, 0.3) is 0 Å². The number of pyridine rings is 1. The molecule has 1 aromatic heterocycles. The van der Waals surface area contributed by atoms with Gasteiger partial charge in [-0.15, -0.1) is 0 Å². The van der Waals surface area contributed by atoms with E-state index in [-0.39, 0.29) is 46.2 Å².